The number of hydrogen-bond donors (Lipinski definition) is 1. The summed E-state index contributed by atoms with van der Waals surface area (Å²) in [5.41, 5.74) is 2.47. The van der Waals surface area contributed by atoms with E-state index < -0.39 is 5.97 Å². The third-order valence-electron chi connectivity index (χ3n) is 3.41. The molecule has 0 aliphatic carbocycles. The van der Waals surface area contributed by atoms with Gasteiger partial charge in [-0.2, -0.15) is 5.10 Å². The van der Waals surface area contributed by atoms with Gasteiger partial charge in [0.1, 0.15) is 11.1 Å². The Balaban J connectivity index is 1.86. The van der Waals surface area contributed by atoms with Gasteiger partial charge in [0.2, 0.25) is 0 Å². The van der Waals surface area contributed by atoms with Gasteiger partial charge < -0.3 is 5.11 Å². The summed E-state index contributed by atoms with van der Waals surface area (Å²) < 4.78 is 1.79. The van der Waals surface area contributed by atoms with Gasteiger partial charge in [0.05, 0.1) is 11.3 Å². The Labute approximate surface area is 119 Å². The van der Waals surface area contributed by atoms with Crippen LogP contribution in [-0.2, 0) is 23.1 Å². The van der Waals surface area contributed by atoms with Crippen LogP contribution in [0.4, 0.5) is 0 Å². The minimum absolute atomic E-state index is 0.0532. The van der Waals surface area contributed by atoms with Crippen molar-refractivity contribution in [2.75, 3.05) is 0 Å². The lowest BCUT2D eigenvalue weighted by Crippen LogP contribution is -2.51. The Morgan fingerprint density at radius 2 is 2.35 bits per heavy atom. The van der Waals surface area contributed by atoms with Gasteiger partial charge in [-0.05, 0) is 18.6 Å². The van der Waals surface area contributed by atoms with Gasteiger partial charge in [0, 0.05) is 18.1 Å². The van der Waals surface area contributed by atoms with Crippen LogP contribution in [0.5, 0.6) is 0 Å². The molecule has 3 heterocycles. The summed E-state index contributed by atoms with van der Waals surface area (Å²) in [5, 5.41) is 14.6. The number of hydrogen-bond acceptors (Lipinski definition) is 4. The van der Waals surface area contributed by atoms with Crippen LogP contribution in [0.3, 0.4) is 0 Å². The summed E-state index contributed by atoms with van der Waals surface area (Å²) in [6.07, 6.45) is 2.62. The molecule has 1 fully saturated rings. The van der Waals surface area contributed by atoms with E-state index in [9.17, 15) is 9.59 Å². The molecule has 104 valence electrons. The van der Waals surface area contributed by atoms with Crippen molar-refractivity contribution >= 4 is 29.7 Å². The number of thioether (sulfide) groups is 1. The molecule has 0 bridgehead atoms. The largest absolute Gasteiger partial charge is 0.477 e. The average molecular weight is 291 g/mol. The lowest BCUT2D eigenvalue weighted by atomic mass is 10.0. The predicted molar refractivity (Wildman–Crippen MR) is 74.5 cm³/mol. The van der Waals surface area contributed by atoms with Crippen LogP contribution < -0.4 is 0 Å². The molecule has 1 aromatic rings. The second-order valence-corrected chi connectivity index (χ2v) is 5.56. The molecule has 0 aromatic carbocycles. The summed E-state index contributed by atoms with van der Waals surface area (Å²) in [5.74, 6) is -1.32. The summed E-state index contributed by atoms with van der Waals surface area (Å²) >= 11 is 1.34. The second-order valence-electron chi connectivity index (χ2n) is 4.61. The molecule has 1 saturated heterocycles. The zero-order valence-electron chi connectivity index (χ0n) is 11.0. The van der Waals surface area contributed by atoms with Crippen molar-refractivity contribution in [1.29, 1.82) is 0 Å². The average Bonchev–Trinajstić information content (AvgIpc) is 2.96. The minimum Gasteiger partial charge on any atom is -0.477 e. The Morgan fingerprint density at radius 3 is 2.95 bits per heavy atom. The summed E-state index contributed by atoms with van der Waals surface area (Å²) in [6, 6.07) is 1.94. The summed E-state index contributed by atoms with van der Waals surface area (Å²) in [7, 11) is 1.87. The van der Waals surface area contributed by atoms with Crippen molar-refractivity contribution in [1.82, 2.24) is 14.7 Å². The molecule has 1 N–H and O–H groups in total. The SMILES string of the molecule is CCc1cc(/C=C2\C(=O)N3C(C(=O)O)=CS[C@H]23)nn1C. The normalized spacial score (nSPS) is 22.8. The van der Waals surface area contributed by atoms with E-state index in [-0.39, 0.29) is 17.0 Å². The fourth-order valence-electron chi connectivity index (χ4n) is 2.36. The van der Waals surface area contributed by atoms with Crippen LogP contribution >= 0.6 is 11.8 Å². The molecular formula is C13H13N3O3S. The first-order chi connectivity index (χ1) is 9.52. The van der Waals surface area contributed by atoms with E-state index in [0.29, 0.717) is 5.57 Å². The molecular weight excluding hydrogens is 278 g/mol. The molecule has 3 rings (SSSR count). The molecule has 0 spiro atoms. The zero-order chi connectivity index (χ0) is 14.4. The minimum atomic E-state index is -1.07. The highest BCUT2D eigenvalue weighted by Crippen LogP contribution is 2.44. The monoisotopic (exact) mass is 291 g/mol. The molecule has 6 nitrogen and oxygen atoms in total. The van der Waals surface area contributed by atoms with E-state index in [2.05, 4.69) is 5.10 Å². The first-order valence-corrected chi connectivity index (χ1v) is 7.14. The molecule has 1 aromatic heterocycles. The van der Waals surface area contributed by atoms with Crippen molar-refractivity contribution in [2.24, 2.45) is 7.05 Å². The molecule has 0 unspecified atom stereocenters. The van der Waals surface area contributed by atoms with Crippen molar-refractivity contribution < 1.29 is 14.7 Å². The van der Waals surface area contributed by atoms with E-state index in [4.69, 9.17) is 5.11 Å². The smallest absolute Gasteiger partial charge is 0.353 e. The maximum absolute atomic E-state index is 12.0. The summed E-state index contributed by atoms with van der Waals surface area (Å²) in [4.78, 5) is 24.3. The molecule has 1 atom stereocenters. The Hall–Kier alpha value is -2.02. The zero-order valence-corrected chi connectivity index (χ0v) is 11.8. The van der Waals surface area contributed by atoms with Crippen LogP contribution in [0.1, 0.15) is 18.3 Å². The standard InChI is InChI=1S/C13H13N3O3S/c1-3-8-4-7(14-15(8)2)5-9-11(17)16-10(13(18)19)6-20-12(9)16/h4-6,12H,3H2,1-2H3,(H,18,19)/b9-5+/t12-/m1/s1. The Kier molecular flexibility index (Phi) is 2.93. The van der Waals surface area contributed by atoms with E-state index in [1.165, 1.54) is 22.1 Å². The van der Waals surface area contributed by atoms with Gasteiger partial charge in [0.25, 0.3) is 5.91 Å². The third kappa shape index (κ3) is 1.77. The molecule has 1 amide bonds. The Morgan fingerprint density at radius 1 is 1.60 bits per heavy atom. The quantitative estimate of drug-likeness (QED) is 0.669. The van der Waals surface area contributed by atoms with E-state index >= 15 is 0 Å². The van der Waals surface area contributed by atoms with Crippen LogP contribution in [0.15, 0.2) is 22.7 Å². The molecule has 20 heavy (non-hydrogen) atoms. The van der Waals surface area contributed by atoms with Crippen molar-refractivity contribution in [3.05, 3.63) is 34.1 Å². The van der Waals surface area contributed by atoms with Crippen molar-refractivity contribution in [2.45, 2.75) is 18.7 Å². The van der Waals surface area contributed by atoms with Gasteiger partial charge in [-0.3, -0.25) is 14.4 Å². The number of aryl methyl sites for hydroxylation is 2. The highest BCUT2D eigenvalue weighted by atomic mass is 32.2. The van der Waals surface area contributed by atoms with Crippen molar-refractivity contribution in [3.63, 3.8) is 0 Å². The number of aliphatic carboxylic acids is 1. The van der Waals surface area contributed by atoms with Crippen molar-refractivity contribution in [3.8, 4) is 0 Å². The highest BCUT2D eigenvalue weighted by Gasteiger charge is 2.49. The van der Waals surface area contributed by atoms with Crippen LogP contribution in [0.2, 0.25) is 0 Å². The number of nitrogens with zero attached hydrogens (tertiary/aromatic N) is 3. The highest BCUT2D eigenvalue weighted by molar-refractivity contribution is 8.03. The number of carboxylic acid groups (broad SMARTS) is 1. The lowest BCUT2D eigenvalue weighted by Gasteiger charge is -2.36. The summed E-state index contributed by atoms with van der Waals surface area (Å²) in [6.45, 7) is 2.04. The topological polar surface area (TPSA) is 75.4 Å². The second kappa shape index (κ2) is 4.52. The first kappa shape index (κ1) is 13.0. The maximum atomic E-state index is 12.0. The molecule has 2 aliphatic rings. The number of carbonyl (C=O) groups is 2. The van der Waals surface area contributed by atoms with Gasteiger partial charge >= 0.3 is 5.97 Å². The van der Waals surface area contributed by atoms with Crippen LogP contribution in [-0.4, -0.2) is 37.0 Å². The van der Waals surface area contributed by atoms with Gasteiger partial charge in [-0.25, -0.2) is 4.79 Å². The van der Waals surface area contributed by atoms with Crippen LogP contribution in [0, 0.1) is 0 Å². The number of β-lactam (4-membered cyclic amide) rings is 1. The number of rotatable bonds is 3. The number of aromatic nitrogens is 2. The van der Waals surface area contributed by atoms with Crippen LogP contribution in [0.25, 0.3) is 6.08 Å². The number of carbonyl (C=O) groups excluding carboxylic acids is 1. The maximum Gasteiger partial charge on any atom is 0.353 e. The predicted octanol–water partition coefficient (Wildman–Crippen LogP) is 1.21. The Bertz CT molecular complexity index is 674. The number of fused-ring (bicyclic) bond motifs is 1. The third-order valence-corrected chi connectivity index (χ3v) is 4.50. The fraction of sp³-hybridized carbons (Fsp3) is 0.308. The molecule has 2 aliphatic heterocycles. The number of amides is 1. The van der Waals surface area contributed by atoms with E-state index in [1.807, 2.05) is 20.0 Å². The lowest BCUT2D eigenvalue weighted by molar-refractivity contribution is -0.141. The molecule has 0 radical (unpaired) electrons. The van der Waals surface area contributed by atoms with Gasteiger partial charge in [-0.15, -0.1) is 11.8 Å². The van der Waals surface area contributed by atoms with Gasteiger partial charge in [0.15, 0.2) is 0 Å². The molecule has 7 heteroatoms. The molecule has 0 saturated carbocycles. The fourth-order valence-corrected chi connectivity index (χ4v) is 3.48. The van der Waals surface area contributed by atoms with Gasteiger partial charge in [-0.1, -0.05) is 6.92 Å². The number of carboxylic acids is 1. The first-order valence-electron chi connectivity index (χ1n) is 6.20. The van der Waals surface area contributed by atoms with E-state index in [1.54, 1.807) is 10.8 Å². The van der Waals surface area contributed by atoms with E-state index in [0.717, 1.165) is 17.8 Å².